The number of rotatable bonds is 5. The summed E-state index contributed by atoms with van der Waals surface area (Å²) >= 11 is 0. The predicted octanol–water partition coefficient (Wildman–Crippen LogP) is 3.51. The van der Waals surface area contributed by atoms with Crippen LogP contribution < -0.4 is 15.6 Å². The van der Waals surface area contributed by atoms with Crippen LogP contribution in [0.2, 0.25) is 0 Å². The first-order chi connectivity index (χ1) is 13.6. The normalized spacial score (nSPS) is 14.4. The quantitative estimate of drug-likeness (QED) is 0.727. The van der Waals surface area contributed by atoms with Gasteiger partial charge in [-0.1, -0.05) is 0 Å². The summed E-state index contributed by atoms with van der Waals surface area (Å²) in [4.78, 5) is 14.7. The van der Waals surface area contributed by atoms with E-state index in [4.69, 9.17) is 9.15 Å². The molecule has 1 saturated heterocycles. The lowest BCUT2D eigenvalue weighted by Gasteiger charge is -2.31. The largest absolute Gasteiger partial charge is 0.464 e. The molecule has 1 fully saturated rings. The summed E-state index contributed by atoms with van der Waals surface area (Å²) in [6.45, 7) is 3.00. The maximum atomic E-state index is 13.4. The van der Waals surface area contributed by atoms with Crippen molar-refractivity contribution in [2.24, 2.45) is 0 Å². The Bertz CT molecular complexity index is 979. The van der Waals surface area contributed by atoms with Crippen LogP contribution in [0.1, 0.15) is 5.56 Å². The van der Waals surface area contributed by atoms with Crippen molar-refractivity contribution in [2.45, 2.75) is 6.42 Å². The summed E-state index contributed by atoms with van der Waals surface area (Å²) < 4.78 is 37.9. The van der Waals surface area contributed by atoms with E-state index in [1.165, 1.54) is 12.1 Å². The van der Waals surface area contributed by atoms with Gasteiger partial charge in [0.05, 0.1) is 25.0 Å². The van der Waals surface area contributed by atoms with Gasteiger partial charge in [-0.2, -0.15) is 0 Å². The highest BCUT2D eigenvalue weighted by atomic mass is 19.1. The second-order valence-corrected chi connectivity index (χ2v) is 6.66. The summed E-state index contributed by atoms with van der Waals surface area (Å²) in [5, 5.41) is 3.04. The predicted molar refractivity (Wildman–Crippen MR) is 103 cm³/mol. The van der Waals surface area contributed by atoms with Crippen molar-refractivity contribution in [1.82, 2.24) is 0 Å². The molecule has 4 rings (SSSR count). The third-order valence-electron chi connectivity index (χ3n) is 4.81. The van der Waals surface area contributed by atoms with E-state index >= 15 is 0 Å². The molecule has 1 N–H and O–H groups in total. The first kappa shape index (κ1) is 18.4. The number of fused-ring (bicyclic) bond motifs is 1. The third kappa shape index (κ3) is 3.84. The molecule has 1 aliphatic carbocycles. The number of anilines is 2. The molecule has 0 spiro atoms. The Labute approximate surface area is 160 Å². The van der Waals surface area contributed by atoms with Gasteiger partial charge in [0, 0.05) is 48.7 Å². The van der Waals surface area contributed by atoms with E-state index in [0.29, 0.717) is 56.3 Å². The van der Waals surface area contributed by atoms with Gasteiger partial charge in [-0.25, -0.2) is 8.78 Å². The van der Waals surface area contributed by atoms with Crippen molar-refractivity contribution in [3.63, 3.8) is 0 Å². The van der Waals surface area contributed by atoms with Crippen molar-refractivity contribution >= 4 is 11.4 Å². The molecule has 0 saturated carbocycles. The molecule has 2 aliphatic heterocycles. The first-order valence-electron chi connectivity index (χ1n) is 9.18. The van der Waals surface area contributed by atoms with E-state index in [1.54, 1.807) is 24.5 Å². The molecule has 0 radical (unpaired) electrons. The first-order valence-corrected chi connectivity index (χ1v) is 9.18. The van der Waals surface area contributed by atoms with Gasteiger partial charge in [-0.05, 0) is 30.7 Å². The molecule has 0 atom stereocenters. The van der Waals surface area contributed by atoms with E-state index < -0.39 is 11.6 Å². The average molecular weight is 386 g/mol. The lowest BCUT2D eigenvalue weighted by atomic mass is 9.98. The standard InChI is InChI=1S/C21H20F2N2O3/c22-14-10-15(23)12-16(11-14)24-4-3-17-19(25-5-8-27-9-6-25)13-20(26)18-2-1-7-28-21(17)18/h1-2,7,10-13,24H,3-6,8-9H2. The molecule has 7 heteroatoms. The van der Waals surface area contributed by atoms with Gasteiger partial charge in [0.15, 0.2) is 5.43 Å². The van der Waals surface area contributed by atoms with Gasteiger partial charge in [0.25, 0.3) is 0 Å². The maximum absolute atomic E-state index is 13.4. The monoisotopic (exact) mass is 386 g/mol. The highest BCUT2D eigenvalue weighted by Crippen LogP contribution is 2.31. The second-order valence-electron chi connectivity index (χ2n) is 6.66. The molecule has 0 bridgehead atoms. The lowest BCUT2D eigenvalue weighted by Crippen LogP contribution is -2.37. The minimum absolute atomic E-state index is 0.0928. The Morgan fingerprint density at radius 1 is 1.07 bits per heavy atom. The molecule has 5 nitrogen and oxygen atoms in total. The Morgan fingerprint density at radius 2 is 1.82 bits per heavy atom. The molecule has 0 amide bonds. The van der Waals surface area contributed by atoms with Crippen molar-refractivity contribution in [3.05, 3.63) is 70.1 Å². The number of hydrogen-bond acceptors (Lipinski definition) is 5. The van der Waals surface area contributed by atoms with Gasteiger partial charge in [0.1, 0.15) is 17.4 Å². The number of morpholine rings is 1. The van der Waals surface area contributed by atoms with Crippen molar-refractivity contribution in [1.29, 1.82) is 0 Å². The summed E-state index contributed by atoms with van der Waals surface area (Å²) in [6.07, 6.45) is 2.07. The van der Waals surface area contributed by atoms with Gasteiger partial charge < -0.3 is 19.4 Å². The van der Waals surface area contributed by atoms with E-state index in [1.807, 2.05) is 0 Å². The second kappa shape index (κ2) is 7.98. The zero-order chi connectivity index (χ0) is 19.5. The molecule has 2 heterocycles. The highest BCUT2D eigenvalue weighted by Gasteiger charge is 2.23. The fourth-order valence-corrected chi connectivity index (χ4v) is 3.53. The summed E-state index contributed by atoms with van der Waals surface area (Å²) in [5.74, 6) is -0.718. The summed E-state index contributed by atoms with van der Waals surface area (Å²) in [6, 6.07) is 8.39. The molecule has 146 valence electrons. The van der Waals surface area contributed by atoms with Crippen molar-refractivity contribution in [2.75, 3.05) is 43.1 Å². The molecule has 3 aliphatic rings. The van der Waals surface area contributed by atoms with Crippen LogP contribution >= 0.6 is 0 Å². The summed E-state index contributed by atoms with van der Waals surface area (Å²) in [5.41, 5.74) is 2.51. The summed E-state index contributed by atoms with van der Waals surface area (Å²) in [7, 11) is 0. The minimum Gasteiger partial charge on any atom is -0.464 e. The molecule has 1 aromatic rings. The van der Waals surface area contributed by atoms with E-state index in [-0.39, 0.29) is 5.43 Å². The number of hydrogen-bond donors (Lipinski definition) is 1. The lowest BCUT2D eigenvalue weighted by molar-refractivity contribution is 0.122. The zero-order valence-electron chi connectivity index (χ0n) is 15.2. The number of halogens is 2. The van der Waals surface area contributed by atoms with Crippen LogP contribution in [-0.4, -0.2) is 32.8 Å². The minimum atomic E-state index is -0.632. The Morgan fingerprint density at radius 3 is 2.57 bits per heavy atom. The fourth-order valence-electron chi connectivity index (χ4n) is 3.53. The van der Waals surface area contributed by atoms with Crippen LogP contribution in [0.4, 0.5) is 20.2 Å². The molecule has 0 aromatic heterocycles. The van der Waals surface area contributed by atoms with Gasteiger partial charge >= 0.3 is 0 Å². The highest BCUT2D eigenvalue weighted by molar-refractivity contribution is 5.72. The van der Waals surface area contributed by atoms with Crippen molar-refractivity contribution < 1.29 is 17.9 Å². The molecule has 0 unspecified atom stereocenters. The SMILES string of the molecule is O=c1cc(N2CCOCC2)c(CCNc2cc(F)cc(F)c2)c2occcc1-2. The molecular weight excluding hydrogens is 366 g/mol. The zero-order valence-corrected chi connectivity index (χ0v) is 15.2. The smallest absolute Gasteiger partial charge is 0.191 e. The molecule has 28 heavy (non-hydrogen) atoms. The van der Waals surface area contributed by atoms with Gasteiger partial charge in [0.2, 0.25) is 0 Å². The topological polar surface area (TPSA) is 54.7 Å². The number of nitrogens with zero attached hydrogens (tertiary/aromatic N) is 1. The Kier molecular flexibility index (Phi) is 5.25. The molecule has 1 aromatic carbocycles. The maximum Gasteiger partial charge on any atom is 0.191 e. The van der Waals surface area contributed by atoms with Crippen LogP contribution in [0.25, 0.3) is 11.3 Å². The van der Waals surface area contributed by atoms with Gasteiger partial charge in [-0.3, -0.25) is 4.79 Å². The van der Waals surface area contributed by atoms with E-state index in [9.17, 15) is 13.6 Å². The van der Waals surface area contributed by atoms with Crippen molar-refractivity contribution in [3.8, 4) is 11.3 Å². The number of benzene rings is 2. The van der Waals surface area contributed by atoms with E-state index in [0.717, 1.165) is 17.3 Å². The van der Waals surface area contributed by atoms with Crippen LogP contribution in [0.15, 0.2) is 51.9 Å². The third-order valence-corrected chi connectivity index (χ3v) is 4.81. The van der Waals surface area contributed by atoms with Crippen LogP contribution in [0, 0.1) is 11.6 Å². The fraction of sp³-hybridized carbons (Fsp3) is 0.286. The molecular formula is C21H20F2N2O3. The average Bonchev–Trinajstić information content (AvgIpc) is 2.69. The Hall–Kier alpha value is -2.93. The van der Waals surface area contributed by atoms with E-state index in [2.05, 4.69) is 10.2 Å². The number of ether oxygens (including phenoxy) is 1. The van der Waals surface area contributed by atoms with Crippen LogP contribution in [0.3, 0.4) is 0 Å². The van der Waals surface area contributed by atoms with Crippen LogP contribution in [0.5, 0.6) is 0 Å². The van der Waals surface area contributed by atoms with Gasteiger partial charge in [-0.15, -0.1) is 0 Å². The van der Waals surface area contributed by atoms with Crippen LogP contribution in [-0.2, 0) is 11.2 Å². The number of nitrogens with one attached hydrogen (secondary N) is 1. The Balaban J connectivity index is 1.64.